The third kappa shape index (κ3) is 3.77. The molecular formula is C24H18ClN7O3. The molecule has 2 N–H and O–H groups in total. The number of nitrogens with one attached hydrogen (secondary N) is 2. The van der Waals surface area contributed by atoms with Gasteiger partial charge in [0.1, 0.15) is 12.4 Å². The molecule has 0 saturated heterocycles. The Bertz CT molecular complexity index is 1560. The van der Waals surface area contributed by atoms with Gasteiger partial charge in [0.15, 0.2) is 0 Å². The second kappa shape index (κ2) is 8.17. The van der Waals surface area contributed by atoms with Gasteiger partial charge in [-0.3, -0.25) is 14.4 Å². The fraction of sp³-hybridized carbons (Fsp3) is 0.167. The van der Waals surface area contributed by atoms with Gasteiger partial charge in [0.25, 0.3) is 5.56 Å². The number of halogens is 1. The van der Waals surface area contributed by atoms with Crippen LogP contribution in [0, 0.1) is 0 Å². The maximum atomic E-state index is 13.2. The fourth-order valence-corrected chi connectivity index (χ4v) is 4.90. The van der Waals surface area contributed by atoms with Gasteiger partial charge in [-0.15, -0.1) is 5.10 Å². The fourth-order valence-electron chi connectivity index (χ4n) is 4.73. The van der Waals surface area contributed by atoms with Gasteiger partial charge in [-0.1, -0.05) is 17.7 Å². The van der Waals surface area contributed by atoms with E-state index in [1.54, 1.807) is 30.3 Å². The molecule has 0 radical (unpaired) electrons. The molecule has 2 aromatic heterocycles. The number of benzene rings is 2. The number of rotatable bonds is 4. The molecule has 0 unspecified atom stereocenters. The molecule has 2 amide bonds. The molecule has 0 saturated carbocycles. The minimum absolute atomic E-state index is 0.0708. The van der Waals surface area contributed by atoms with Gasteiger partial charge in [-0.05, 0) is 70.8 Å². The first-order chi connectivity index (χ1) is 17.0. The molecule has 2 aliphatic heterocycles. The second-order valence-electron chi connectivity index (χ2n) is 8.50. The van der Waals surface area contributed by atoms with E-state index in [1.807, 2.05) is 12.1 Å². The summed E-state index contributed by atoms with van der Waals surface area (Å²) in [6, 6.07) is 13.4. The summed E-state index contributed by atoms with van der Waals surface area (Å²) in [7, 11) is 0. The summed E-state index contributed by atoms with van der Waals surface area (Å²) >= 11 is 6.25. The molecule has 174 valence electrons. The minimum atomic E-state index is -0.632. The number of hydrogen-bond donors (Lipinski definition) is 2. The summed E-state index contributed by atoms with van der Waals surface area (Å²) in [5.41, 5.74) is 4.70. The van der Waals surface area contributed by atoms with Crippen molar-refractivity contribution in [2.75, 3.05) is 10.6 Å². The van der Waals surface area contributed by atoms with Crippen molar-refractivity contribution < 1.29 is 9.59 Å². The SMILES string of the molecule is O=C1Cc2ccc(NC(=O)[C@@H]3CCc4cc(-c5cc(Cl)ccc5-n5cnnn5)cc(=O)n43)cc2N1. The Hall–Kier alpha value is -4.31. The third-order valence-electron chi connectivity index (χ3n) is 6.30. The van der Waals surface area contributed by atoms with E-state index in [9.17, 15) is 14.4 Å². The number of carbonyl (C=O) groups is 2. The van der Waals surface area contributed by atoms with Crippen LogP contribution in [0.4, 0.5) is 11.4 Å². The Morgan fingerprint density at radius 2 is 2.00 bits per heavy atom. The van der Waals surface area contributed by atoms with Crippen LogP contribution in [-0.2, 0) is 22.4 Å². The molecule has 2 aliphatic rings. The average Bonchev–Trinajstić information content (AvgIpc) is 3.58. The van der Waals surface area contributed by atoms with Gasteiger partial charge in [0, 0.05) is 33.7 Å². The number of tetrazole rings is 1. The topological polar surface area (TPSA) is 124 Å². The van der Waals surface area contributed by atoms with Crippen molar-refractivity contribution in [3.8, 4) is 16.8 Å². The quantitative estimate of drug-likeness (QED) is 0.456. The van der Waals surface area contributed by atoms with E-state index < -0.39 is 6.04 Å². The predicted octanol–water partition coefficient (Wildman–Crippen LogP) is 2.76. The third-order valence-corrected chi connectivity index (χ3v) is 6.54. The maximum Gasteiger partial charge on any atom is 0.252 e. The first kappa shape index (κ1) is 21.2. The van der Waals surface area contributed by atoms with E-state index in [4.69, 9.17) is 11.6 Å². The van der Waals surface area contributed by atoms with Crippen LogP contribution in [-0.4, -0.2) is 36.6 Å². The molecule has 10 nitrogen and oxygen atoms in total. The van der Waals surface area contributed by atoms with Crippen molar-refractivity contribution >= 4 is 34.8 Å². The van der Waals surface area contributed by atoms with Crippen molar-refractivity contribution in [2.24, 2.45) is 0 Å². The smallest absolute Gasteiger partial charge is 0.252 e. The van der Waals surface area contributed by atoms with Crippen LogP contribution >= 0.6 is 11.6 Å². The van der Waals surface area contributed by atoms with E-state index in [2.05, 4.69) is 26.2 Å². The molecular weight excluding hydrogens is 470 g/mol. The van der Waals surface area contributed by atoms with Crippen LogP contribution in [0.1, 0.15) is 23.7 Å². The van der Waals surface area contributed by atoms with Gasteiger partial charge < -0.3 is 15.2 Å². The summed E-state index contributed by atoms with van der Waals surface area (Å²) < 4.78 is 3.04. The average molecular weight is 488 g/mol. The van der Waals surface area contributed by atoms with Crippen molar-refractivity contribution in [3.05, 3.63) is 81.5 Å². The number of carbonyl (C=O) groups excluding carboxylic acids is 2. The summed E-state index contributed by atoms with van der Waals surface area (Å²) in [5, 5.41) is 17.5. The first-order valence-corrected chi connectivity index (χ1v) is 11.4. The second-order valence-corrected chi connectivity index (χ2v) is 8.94. The highest BCUT2D eigenvalue weighted by molar-refractivity contribution is 6.31. The minimum Gasteiger partial charge on any atom is -0.325 e. The van der Waals surface area contributed by atoms with E-state index in [0.717, 1.165) is 11.3 Å². The Morgan fingerprint density at radius 3 is 2.83 bits per heavy atom. The molecule has 0 bridgehead atoms. The van der Waals surface area contributed by atoms with Gasteiger partial charge in [-0.2, -0.15) is 4.68 Å². The lowest BCUT2D eigenvalue weighted by Gasteiger charge is -2.16. The lowest BCUT2D eigenvalue weighted by Crippen LogP contribution is -2.31. The molecule has 11 heteroatoms. The van der Waals surface area contributed by atoms with E-state index in [-0.39, 0.29) is 17.4 Å². The summed E-state index contributed by atoms with van der Waals surface area (Å²) in [6.45, 7) is 0. The molecule has 0 aliphatic carbocycles. The number of pyridine rings is 1. The van der Waals surface area contributed by atoms with Gasteiger partial charge in [-0.25, -0.2) is 0 Å². The molecule has 6 rings (SSSR count). The zero-order valence-electron chi connectivity index (χ0n) is 18.2. The largest absolute Gasteiger partial charge is 0.325 e. The lowest BCUT2D eigenvalue weighted by molar-refractivity contribution is -0.119. The number of amides is 2. The number of aromatic nitrogens is 5. The predicted molar refractivity (Wildman–Crippen MR) is 129 cm³/mol. The zero-order valence-corrected chi connectivity index (χ0v) is 19.0. The molecule has 4 heterocycles. The van der Waals surface area contributed by atoms with Crippen molar-refractivity contribution in [3.63, 3.8) is 0 Å². The normalized spacial score (nSPS) is 16.0. The summed E-state index contributed by atoms with van der Waals surface area (Å²) in [5.74, 6) is -0.349. The Kier molecular flexibility index (Phi) is 4.96. The van der Waals surface area contributed by atoms with Gasteiger partial charge in [0.2, 0.25) is 11.8 Å². The summed E-state index contributed by atoms with van der Waals surface area (Å²) in [4.78, 5) is 37.9. The van der Waals surface area contributed by atoms with Crippen LogP contribution in [0.2, 0.25) is 5.02 Å². The Labute approximate surface area is 203 Å². The van der Waals surface area contributed by atoms with Crippen LogP contribution in [0.5, 0.6) is 0 Å². The number of hydrogen-bond acceptors (Lipinski definition) is 6. The monoisotopic (exact) mass is 487 g/mol. The maximum absolute atomic E-state index is 13.2. The number of anilines is 2. The van der Waals surface area contributed by atoms with E-state index >= 15 is 0 Å². The highest BCUT2D eigenvalue weighted by atomic mass is 35.5. The zero-order chi connectivity index (χ0) is 24.1. The summed E-state index contributed by atoms with van der Waals surface area (Å²) in [6.07, 6.45) is 2.88. The van der Waals surface area contributed by atoms with Crippen molar-refractivity contribution in [1.29, 1.82) is 0 Å². The lowest BCUT2D eigenvalue weighted by atomic mass is 10.0. The van der Waals surface area contributed by atoms with Gasteiger partial charge >= 0.3 is 0 Å². The molecule has 4 aromatic rings. The molecule has 2 aromatic carbocycles. The highest BCUT2D eigenvalue weighted by Crippen LogP contribution is 2.33. The first-order valence-electron chi connectivity index (χ1n) is 11.0. The number of nitrogens with zero attached hydrogens (tertiary/aromatic N) is 5. The van der Waals surface area contributed by atoms with Crippen LogP contribution < -0.4 is 16.2 Å². The van der Waals surface area contributed by atoms with Gasteiger partial charge in [0.05, 0.1) is 12.1 Å². The van der Waals surface area contributed by atoms with E-state index in [1.165, 1.54) is 21.6 Å². The van der Waals surface area contributed by atoms with Crippen LogP contribution in [0.25, 0.3) is 16.8 Å². The Morgan fingerprint density at radius 1 is 1.11 bits per heavy atom. The molecule has 0 fully saturated rings. The van der Waals surface area contributed by atoms with Crippen LogP contribution in [0.3, 0.4) is 0 Å². The van der Waals surface area contributed by atoms with Crippen LogP contribution in [0.15, 0.2) is 59.7 Å². The molecule has 1 atom stereocenters. The highest BCUT2D eigenvalue weighted by Gasteiger charge is 2.30. The molecule has 35 heavy (non-hydrogen) atoms. The number of fused-ring (bicyclic) bond motifs is 2. The molecule has 0 spiro atoms. The van der Waals surface area contributed by atoms with Crippen molar-refractivity contribution in [1.82, 2.24) is 24.8 Å². The number of aryl methyl sites for hydroxylation is 1. The Balaban J connectivity index is 1.31. The van der Waals surface area contributed by atoms with Crippen molar-refractivity contribution in [2.45, 2.75) is 25.3 Å². The standard InChI is InChI=1S/C24H18ClN7O3/c25-15-2-5-20(31-12-26-29-30-31)18(10-15)14-7-17-4-6-21(32(17)23(34)9-14)24(35)27-16-3-1-13-8-22(33)28-19(13)11-16/h1-3,5,7,9-12,21H,4,6,8H2,(H,27,35)(H,28,33)/t21-/m0/s1. The van der Waals surface area contributed by atoms with E-state index in [0.29, 0.717) is 52.5 Å².